The summed E-state index contributed by atoms with van der Waals surface area (Å²) in [4.78, 5) is 0. The van der Waals surface area contributed by atoms with E-state index >= 15 is 0 Å². The number of hydrogen-bond donors (Lipinski definition) is 1. The Morgan fingerprint density at radius 1 is 0.778 bits per heavy atom. The fraction of sp³-hybridized carbons (Fsp3) is 1.00. The molecule has 0 radical (unpaired) electrons. The van der Waals surface area contributed by atoms with Gasteiger partial charge in [-0.25, -0.2) is 0 Å². The SMILES string of the molecule is CCCCCCCCCCCCNCOC(C)C. The average molecular weight is 257 g/mol. The highest BCUT2D eigenvalue weighted by molar-refractivity contribution is 4.49. The maximum absolute atomic E-state index is 5.42. The van der Waals surface area contributed by atoms with Gasteiger partial charge in [0.1, 0.15) is 0 Å². The van der Waals surface area contributed by atoms with Gasteiger partial charge in [-0.15, -0.1) is 0 Å². The largest absolute Gasteiger partial charge is 0.364 e. The zero-order valence-electron chi connectivity index (χ0n) is 13.0. The minimum atomic E-state index is 0.338. The summed E-state index contributed by atoms with van der Waals surface area (Å²) in [5.74, 6) is 0. The second-order valence-corrected chi connectivity index (χ2v) is 5.54. The molecule has 0 atom stereocenters. The molecule has 110 valence electrons. The minimum absolute atomic E-state index is 0.338. The Hall–Kier alpha value is -0.0800. The van der Waals surface area contributed by atoms with Crippen LogP contribution in [0.1, 0.15) is 85.0 Å². The summed E-state index contributed by atoms with van der Waals surface area (Å²) < 4.78 is 5.42. The van der Waals surface area contributed by atoms with E-state index in [1.54, 1.807) is 0 Å². The molecule has 2 heteroatoms. The molecule has 0 saturated carbocycles. The molecule has 0 spiro atoms. The Morgan fingerprint density at radius 2 is 1.28 bits per heavy atom. The normalized spacial score (nSPS) is 11.3. The van der Waals surface area contributed by atoms with Gasteiger partial charge in [0.25, 0.3) is 0 Å². The highest BCUT2D eigenvalue weighted by Crippen LogP contribution is 2.10. The van der Waals surface area contributed by atoms with Crippen LogP contribution in [0.15, 0.2) is 0 Å². The van der Waals surface area contributed by atoms with Gasteiger partial charge in [0.2, 0.25) is 0 Å². The third kappa shape index (κ3) is 15.9. The van der Waals surface area contributed by atoms with Crippen LogP contribution < -0.4 is 5.32 Å². The van der Waals surface area contributed by atoms with Crippen LogP contribution in [0.2, 0.25) is 0 Å². The van der Waals surface area contributed by atoms with E-state index in [1.165, 1.54) is 64.2 Å². The molecule has 0 aromatic heterocycles. The van der Waals surface area contributed by atoms with Crippen LogP contribution in [0.5, 0.6) is 0 Å². The second-order valence-electron chi connectivity index (χ2n) is 5.54. The van der Waals surface area contributed by atoms with Gasteiger partial charge >= 0.3 is 0 Å². The van der Waals surface area contributed by atoms with Gasteiger partial charge in [-0.1, -0.05) is 64.7 Å². The predicted octanol–water partition coefficient (Wildman–Crippen LogP) is 4.88. The van der Waals surface area contributed by atoms with Crippen LogP contribution in [-0.2, 0) is 4.74 Å². The van der Waals surface area contributed by atoms with E-state index in [0.29, 0.717) is 12.8 Å². The van der Waals surface area contributed by atoms with Gasteiger partial charge in [-0.05, 0) is 26.8 Å². The molecular weight excluding hydrogens is 222 g/mol. The first-order valence-electron chi connectivity index (χ1n) is 8.09. The van der Waals surface area contributed by atoms with E-state index in [-0.39, 0.29) is 0 Å². The van der Waals surface area contributed by atoms with Gasteiger partial charge in [-0.2, -0.15) is 0 Å². The summed E-state index contributed by atoms with van der Waals surface area (Å²) in [5, 5.41) is 3.32. The van der Waals surface area contributed by atoms with E-state index in [0.717, 1.165) is 6.54 Å². The first kappa shape index (κ1) is 17.9. The third-order valence-electron chi connectivity index (χ3n) is 3.23. The Bertz CT molecular complexity index is 148. The topological polar surface area (TPSA) is 21.3 Å². The zero-order valence-corrected chi connectivity index (χ0v) is 13.0. The molecular formula is C16H35NO. The van der Waals surface area contributed by atoms with E-state index in [1.807, 2.05) is 0 Å². The molecule has 0 aliphatic carbocycles. The standard InChI is InChI=1S/C16H35NO/c1-4-5-6-7-8-9-10-11-12-13-14-17-15-18-16(2)3/h16-17H,4-15H2,1-3H3. The van der Waals surface area contributed by atoms with Crippen molar-refractivity contribution in [2.24, 2.45) is 0 Å². The van der Waals surface area contributed by atoms with Crippen molar-refractivity contribution in [3.05, 3.63) is 0 Å². The van der Waals surface area contributed by atoms with Crippen LogP contribution in [0.4, 0.5) is 0 Å². The van der Waals surface area contributed by atoms with Crippen molar-refractivity contribution in [1.82, 2.24) is 5.32 Å². The molecule has 0 heterocycles. The smallest absolute Gasteiger partial charge is 0.0968 e. The molecule has 0 amide bonds. The summed E-state index contributed by atoms with van der Waals surface area (Å²) in [6, 6.07) is 0. The monoisotopic (exact) mass is 257 g/mol. The predicted molar refractivity (Wildman–Crippen MR) is 80.9 cm³/mol. The average Bonchev–Trinajstić information content (AvgIpc) is 2.34. The van der Waals surface area contributed by atoms with Gasteiger partial charge in [0.05, 0.1) is 12.8 Å². The first-order chi connectivity index (χ1) is 8.77. The van der Waals surface area contributed by atoms with Crippen molar-refractivity contribution in [3.63, 3.8) is 0 Å². The molecule has 0 unspecified atom stereocenters. The van der Waals surface area contributed by atoms with Gasteiger partial charge in [-0.3, -0.25) is 5.32 Å². The fourth-order valence-corrected chi connectivity index (χ4v) is 2.04. The Labute approximate surface area is 115 Å². The lowest BCUT2D eigenvalue weighted by Crippen LogP contribution is -2.21. The molecule has 0 rings (SSSR count). The van der Waals surface area contributed by atoms with Gasteiger partial charge in [0, 0.05) is 0 Å². The molecule has 0 aliphatic rings. The van der Waals surface area contributed by atoms with Crippen LogP contribution in [0, 0.1) is 0 Å². The van der Waals surface area contributed by atoms with Crippen LogP contribution in [-0.4, -0.2) is 19.4 Å². The summed E-state index contributed by atoms with van der Waals surface area (Å²) >= 11 is 0. The number of unbranched alkanes of at least 4 members (excludes halogenated alkanes) is 9. The number of hydrogen-bond acceptors (Lipinski definition) is 2. The van der Waals surface area contributed by atoms with Crippen molar-refractivity contribution in [2.45, 2.75) is 91.1 Å². The number of rotatable bonds is 14. The highest BCUT2D eigenvalue weighted by Gasteiger charge is 1.94. The van der Waals surface area contributed by atoms with Gasteiger partial charge < -0.3 is 4.74 Å². The van der Waals surface area contributed by atoms with Crippen molar-refractivity contribution < 1.29 is 4.74 Å². The zero-order chi connectivity index (χ0) is 13.5. The van der Waals surface area contributed by atoms with E-state index < -0.39 is 0 Å². The minimum Gasteiger partial charge on any atom is -0.364 e. The maximum Gasteiger partial charge on any atom is 0.0968 e. The van der Waals surface area contributed by atoms with Crippen LogP contribution in [0.25, 0.3) is 0 Å². The maximum atomic E-state index is 5.42. The lowest BCUT2D eigenvalue weighted by Gasteiger charge is -2.08. The molecule has 0 aromatic carbocycles. The molecule has 0 fully saturated rings. The molecule has 0 bridgehead atoms. The third-order valence-corrected chi connectivity index (χ3v) is 3.23. The number of nitrogens with one attached hydrogen (secondary N) is 1. The van der Waals surface area contributed by atoms with E-state index in [9.17, 15) is 0 Å². The molecule has 0 aromatic rings. The number of ether oxygens (including phenoxy) is 1. The van der Waals surface area contributed by atoms with E-state index in [4.69, 9.17) is 4.74 Å². The molecule has 0 aliphatic heterocycles. The molecule has 2 nitrogen and oxygen atoms in total. The summed E-state index contributed by atoms with van der Waals surface area (Å²) in [6.07, 6.45) is 14.4. The Morgan fingerprint density at radius 3 is 1.78 bits per heavy atom. The van der Waals surface area contributed by atoms with Crippen molar-refractivity contribution in [3.8, 4) is 0 Å². The molecule has 1 N–H and O–H groups in total. The first-order valence-corrected chi connectivity index (χ1v) is 8.09. The summed E-state index contributed by atoms with van der Waals surface area (Å²) in [5.41, 5.74) is 0. The summed E-state index contributed by atoms with van der Waals surface area (Å²) in [7, 11) is 0. The van der Waals surface area contributed by atoms with Crippen molar-refractivity contribution in [2.75, 3.05) is 13.3 Å². The van der Waals surface area contributed by atoms with Gasteiger partial charge in [0.15, 0.2) is 0 Å². The quantitative estimate of drug-likeness (QED) is 0.354. The lowest BCUT2D eigenvalue weighted by molar-refractivity contribution is 0.0645. The fourth-order valence-electron chi connectivity index (χ4n) is 2.04. The Kier molecular flexibility index (Phi) is 14.9. The molecule has 0 saturated heterocycles. The van der Waals surface area contributed by atoms with Crippen LogP contribution in [0.3, 0.4) is 0 Å². The van der Waals surface area contributed by atoms with Crippen molar-refractivity contribution >= 4 is 0 Å². The lowest BCUT2D eigenvalue weighted by atomic mass is 10.1. The highest BCUT2D eigenvalue weighted by atomic mass is 16.5. The Balaban J connectivity index is 2.90. The molecule has 18 heavy (non-hydrogen) atoms. The van der Waals surface area contributed by atoms with E-state index in [2.05, 4.69) is 26.1 Å². The summed E-state index contributed by atoms with van der Waals surface area (Å²) in [6.45, 7) is 8.23. The second kappa shape index (κ2) is 15.0. The van der Waals surface area contributed by atoms with Crippen molar-refractivity contribution in [1.29, 1.82) is 0 Å². The van der Waals surface area contributed by atoms with Crippen LogP contribution >= 0.6 is 0 Å².